The Balaban J connectivity index is 1.81. The Hall–Kier alpha value is -1.89. The number of carbonyl (C=O) groups excluding carboxylic acids is 1. The first-order valence-electron chi connectivity index (χ1n) is 9.52. The van der Waals surface area contributed by atoms with Gasteiger partial charge in [-0.05, 0) is 55.5 Å². The van der Waals surface area contributed by atoms with Crippen LogP contribution in [0, 0.1) is 0 Å². The Morgan fingerprint density at radius 3 is 2.39 bits per heavy atom. The van der Waals surface area contributed by atoms with Gasteiger partial charge in [-0.2, -0.15) is 4.31 Å². The third kappa shape index (κ3) is 4.40. The zero-order chi connectivity index (χ0) is 20.3. The Morgan fingerprint density at radius 1 is 1.14 bits per heavy atom. The fraction of sp³-hybridized carbons (Fsp3) is 0.381. The highest BCUT2D eigenvalue weighted by Gasteiger charge is 2.28. The molecule has 5 nitrogen and oxygen atoms in total. The minimum absolute atomic E-state index is 0.101. The Kier molecular flexibility index (Phi) is 6.43. The first-order valence-corrected chi connectivity index (χ1v) is 11.3. The van der Waals surface area contributed by atoms with Crippen LogP contribution >= 0.6 is 11.6 Å². The van der Waals surface area contributed by atoms with Gasteiger partial charge in [0.25, 0.3) is 5.91 Å². The summed E-state index contributed by atoms with van der Waals surface area (Å²) in [6, 6.07) is 12.1. The third-order valence-electron chi connectivity index (χ3n) is 5.12. The average molecular weight is 421 g/mol. The fourth-order valence-corrected chi connectivity index (χ4v) is 5.06. The molecule has 0 spiro atoms. The van der Waals surface area contributed by atoms with Crippen molar-refractivity contribution in [2.45, 2.75) is 44.0 Å². The molecule has 1 amide bonds. The van der Waals surface area contributed by atoms with Crippen LogP contribution in [0.25, 0.3) is 0 Å². The minimum atomic E-state index is -3.61. The van der Waals surface area contributed by atoms with Crippen LogP contribution in [0.2, 0.25) is 5.02 Å². The molecule has 2 aromatic carbocycles. The van der Waals surface area contributed by atoms with Crippen LogP contribution in [0.4, 0.5) is 0 Å². The van der Waals surface area contributed by atoms with Crippen LogP contribution in [0.15, 0.2) is 47.4 Å². The van der Waals surface area contributed by atoms with Crippen LogP contribution < -0.4 is 5.32 Å². The molecule has 1 saturated heterocycles. The lowest BCUT2D eigenvalue weighted by molar-refractivity contribution is 0.0940. The maximum Gasteiger partial charge on any atom is 0.253 e. The van der Waals surface area contributed by atoms with Gasteiger partial charge in [0.1, 0.15) is 0 Å². The summed E-state index contributed by atoms with van der Waals surface area (Å²) in [6.45, 7) is 5.00. The van der Waals surface area contributed by atoms with E-state index in [4.69, 9.17) is 11.6 Å². The van der Waals surface area contributed by atoms with Gasteiger partial charge in [0, 0.05) is 13.1 Å². The van der Waals surface area contributed by atoms with E-state index in [0.29, 0.717) is 13.1 Å². The highest BCUT2D eigenvalue weighted by molar-refractivity contribution is 7.89. The molecule has 1 aliphatic heterocycles. The molecular formula is C21H25ClN2O3S. The van der Waals surface area contributed by atoms with Crippen LogP contribution in [0.1, 0.15) is 54.2 Å². The number of halogens is 1. The predicted molar refractivity (Wildman–Crippen MR) is 111 cm³/mol. The topological polar surface area (TPSA) is 66.5 Å². The van der Waals surface area contributed by atoms with Gasteiger partial charge in [0.2, 0.25) is 10.0 Å². The molecule has 0 aliphatic carbocycles. The van der Waals surface area contributed by atoms with Crippen LogP contribution in [0.3, 0.4) is 0 Å². The van der Waals surface area contributed by atoms with Crippen molar-refractivity contribution < 1.29 is 13.2 Å². The normalized spacial score (nSPS) is 16.1. The van der Waals surface area contributed by atoms with Gasteiger partial charge in [-0.3, -0.25) is 4.79 Å². The van der Waals surface area contributed by atoms with Crippen molar-refractivity contribution in [3.63, 3.8) is 0 Å². The summed E-state index contributed by atoms with van der Waals surface area (Å²) in [4.78, 5) is 12.9. The van der Waals surface area contributed by atoms with Gasteiger partial charge in [-0.1, -0.05) is 42.8 Å². The highest BCUT2D eigenvalue weighted by atomic mass is 35.5. The van der Waals surface area contributed by atoms with E-state index in [1.54, 1.807) is 0 Å². The summed E-state index contributed by atoms with van der Waals surface area (Å²) in [5, 5.41) is 3.14. The maximum atomic E-state index is 12.8. The van der Waals surface area contributed by atoms with Crippen molar-refractivity contribution in [2.24, 2.45) is 0 Å². The second kappa shape index (κ2) is 8.64. The average Bonchev–Trinajstić information content (AvgIpc) is 3.24. The number of benzene rings is 2. The maximum absolute atomic E-state index is 12.8. The largest absolute Gasteiger partial charge is 0.345 e. The molecule has 0 saturated carbocycles. The van der Waals surface area contributed by atoms with Gasteiger partial charge in [-0.25, -0.2) is 8.42 Å². The Bertz CT molecular complexity index is 952. The second-order valence-corrected chi connectivity index (χ2v) is 9.39. The molecule has 7 heteroatoms. The van der Waals surface area contributed by atoms with E-state index >= 15 is 0 Å². The van der Waals surface area contributed by atoms with E-state index in [1.165, 1.54) is 28.1 Å². The number of aryl methyl sites for hydroxylation is 1. The van der Waals surface area contributed by atoms with Crippen LogP contribution in [-0.2, 0) is 16.4 Å². The third-order valence-corrected chi connectivity index (χ3v) is 7.35. The van der Waals surface area contributed by atoms with Crippen LogP contribution in [-0.4, -0.2) is 31.7 Å². The second-order valence-electron chi connectivity index (χ2n) is 7.04. The van der Waals surface area contributed by atoms with E-state index in [-0.39, 0.29) is 21.5 Å². The quantitative estimate of drug-likeness (QED) is 0.762. The molecule has 1 fully saturated rings. The van der Waals surface area contributed by atoms with Gasteiger partial charge in [-0.15, -0.1) is 0 Å². The number of amides is 1. The minimum Gasteiger partial charge on any atom is -0.345 e. The summed E-state index contributed by atoms with van der Waals surface area (Å²) in [6.07, 6.45) is 2.66. The van der Waals surface area contributed by atoms with E-state index in [0.717, 1.165) is 24.8 Å². The van der Waals surface area contributed by atoms with Gasteiger partial charge in [0.05, 0.1) is 21.5 Å². The number of nitrogens with zero attached hydrogens (tertiary/aromatic N) is 1. The highest BCUT2D eigenvalue weighted by Crippen LogP contribution is 2.26. The lowest BCUT2D eigenvalue weighted by Crippen LogP contribution is -2.29. The van der Waals surface area contributed by atoms with Crippen molar-refractivity contribution in [1.82, 2.24) is 9.62 Å². The molecule has 0 bridgehead atoms. The predicted octanol–water partition coefficient (Wildman–Crippen LogP) is 4.18. The number of carbonyl (C=O) groups is 1. The number of hydrogen-bond donors (Lipinski definition) is 1. The summed E-state index contributed by atoms with van der Waals surface area (Å²) in [5.74, 6) is -0.393. The summed E-state index contributed by atoms with van der Waals surface area (Å²) >= 11 is 6.20. The van der Waals surface area contributed by atoms with Crippen molar-refractivity contribution in [1.29, 1.82) is 0 Å². The molecule has 2 aromatic rings. The molecule has 0 aromatic heterocycles. The van der Waals surface area contributed by atoms with Crippen molar-refractivity contribution in [3.8, 4) is 0 Å². The first-order chi connectivity index (χ1) is 13.3. The molecule has 3 rings (SSSR count). The van der Waals surface area contributed by atoms with E-state index in [1.807, 2.05) is 31.2 Å². The molecule has 0 unspecified atom stereocenters. The molecule has 1 aliphatic rings. The number of rotatable bonds is 6. The lowest BCUT2D eigenvalue weighted by atomic mass is 10.0. The summed E-state index contributed by atoms with van der Waals surface area (Å²) < 4.78 is 27.0. The molecule has 28 heavy (non-hydrogen) atoms. The van der Waals surface area contributed by atoms with Crippen LogP contribution in [0.5, 0.6) is 0 Å². The molecule has 150 valence electrons. The Labute approximate surface area is 171 Å². The van der Waals surface area contributed by atoms with E-state index < -0.39 is 15.9 Å². The van der Waals surface area contributed by atoms with E-state index in [2.05, 4.69) is 12.2 Å². The fourth-order valence-electron chi connectivity index (χ4n) is 3.32. The zero-order valence-electron chi connectivity index (χ0n) is 16.1. The standard InChI is InChI=1S/C21H25ClN2O3S/c1-3-16-6-8-17(9-7-16)15(2)23-21(25)19-14-18(10-11-20(19)22)28(26,27)24-12-4-5-13-24/h6-11,14-15H,3-5,12-13H2,1-2H3,(H,23,25)/t15-/m0/s1. The monoisotopic (exact) mass is 420 g/mol. The lowest BCUT2D eigenvalue weighted by Gasteiger charge is -2.18. The number of hydrogen-bond acceptors (Lipinski definition) is 3. The van der Waals surface area contributed by atoms with Crippen molar-refractivity contribution in [3.05, 3.63) is 64.2 Å². The molecule has 1 heterocycles. The zero-order valence-corrected chi connectivity index (χ0v) is 17.7. The molecule has 1 N–H and O–H groups in total. The van der Waals surface area contributed by atoms with Crippen molar-refractivity contribution >= 4 is 27.5 Å². The van der Waals surface area contributed by atoms with Gasteiger partial charge < -0.3 is 5.32 Å². The van der Waals surface area contributed by atoms with Gasteiger partial charge >= 0.3 is 0 Å². The summed E-state index contributed by atoms with van der Waals surface area (Å²) in [7, 11) is -3.61. The van der Waals surface area contributed by atoms with E-state index in [9.17, 15) is 13.2 Å². The first kappa shape index (κ1) is 20.8. The molecular weight excluding hydrogens is 396 g/mol. The number of sulfonamides is 1. The molecule has 0 radical (unpaired) electrons. The SMILES string of the molecule is CCc1ccc([C@H](C)NC(=O)c2cc(S(=O)(=O)N3CCCC3)ccc2Cl)cc1. The van der Waals surface area contributed by atoms with Crippen molar-refractivity contribution in [2.75, 3.05) is 13.1 Å². The molecule has 1 atom stereocenters. The van der Waals surface area contributed by atoms with Gasteiger partial charge in [0.15, 0.2) is 0 Å². The smallest absolute Gasteiger partial charge is 0.253 e. The number of nitrogens with one attached hydrogen (secondary N) is 1. The summed E-state index contributed by atoms with van der Waals surface area (Å²) in [5.41, 5.74) is 2.37. The Morgan fingerprint density at radius 2 is 1.79 bits per heavy atom.